The van der Waals surface area contributed by atoms with E-state index in [9.17, 15) is 14.0 Å². The van der Waals surface area contributed by atoms with Crippen molar-refractivity contribution in [3.63, 3.8) is 0 Å². The number of thiophene rings is 1. The second-order valence-electron chi connectivity index (χ2n) is 7.34. The first-order chi connectivity index (χ1) is 15.0. The van der Waals surface area contributed by atoms with Crippen LogP contribution in [0.1, 0.15) is 12.5 Å². The van der Waals surface area contributed by atoms with Gasteiger partial charge in [0.15, 0.2) is 5.16 Å². The highest BCUT2D eigenvalue weighted by Crippen LogP contribution is 2.33. The minimum absolute atomic E-state index is 0.00382. The third-order valence-corrected chi connectivity index (χ3v) is 7.21. The molecule has 1 N–H and O–H groups in total. The molecule has 1 aliphatic heterocycles. The molecule has 0 bridgehead atoms. The van der Waals surface area contributed by atoms with E-state index in [0.29, 0.717) is 21.9 Å². The first-order valence-electron chi connectivity index (χ1n) is 9.84. The van der Waals surface area contributed by atoms with E-state index >= 15 is 0 Å². The molecule has 1 unspecified atom stereocenters. The molecule has 5 rings (SSSR count). The highest BCUT2D eigenvalue weighted by atomic mass is 32.2. The van der Waals surface area contributed by atoms with Gasteiger partial charge in [-0.05, 0) is 42.7 Å². The molecule has 31 heavy (non-hydrogen) atoms. The van der Waals surface area contributed by atoms with Crippen molar-refractivity contribution < 1.29 is 9.18 Å². The van der Waals surface area contributed by atoms with Crippen LogP contribution in [-0.4, -0.2) is 27.7 Å². The van der Waals surface area contributed by atoms with E-state index in [1.54, 1.807) is 17.0 Å². The van der Waals surface area contributed by atoms with E-state index in [1.165, 1.54) is 40.8 Å². The van der Waals surface area contributed by atoms with Gasteiger partial charge in [-0.25, -0.2) is 9.37 Å². The molecule has 1 atom stereocenters. The predicted octanol–water partition coefficient (Wildman–Crippen LogP) is 4.86. The fourth-order valence-corrected chi connectivity index (χ4v) is 5.70. The lowest BCUT2D eigenvalue weighted by Crippen LogP contribution is -2.35. The maximum absolute atomic E-state index is 13.2. The molecule has 0 spiro atoms. The summed E-state index contributed by atoms with van der Waals surface area (Å²) >= 11 is 2.61. The van der Waals surface area contributed by atoms with Crippen molar-refractivity contribution in [2.24, 2.45) is 0 Å². The molecule has 5 nitrogen and oxygen atoms in total. The van der Waals surface area contributed by atoms with Gasteiger partial charge in [0.05, 0.1) is 10.6 Å². The number of aromatic amines is 1. The van der Waals surface area contributed by atoms with Gasteiger partial charge in [-0.15, -0.1) is 11.3 Å². The lowest BCUT2D eigenvalue weighted by atomic mass is 10.1. The van der Waals surface area contributed by atoms with Crippen molar-refractivity contribution in [3.05, 3.63) is 75.6 Å². The lowest BCUT2D eigenvalue weighted by molar-refractivity contribution is -0.117. The molecule has 1 amide bonds. The fraction of sp³-hybridized carbons (Fsp3) is 0.174. The lowest BCUT2D eigenvalue weighted by Gasteiger charge is -2.21. The van der Waals surface area contributed by atoms with Crippen LogP contribution in [0.4, 0.5) is 10.1 Å². The average molecular weight is 452 g/mol. The summed E-state index contributed by atoms with van der Waals surface area (Å²) in [5.74, 6) is -0.329. The van der Waals surface area contributed by atoms with E-state index < -0.39 is 5.25 Å². The molecule has 0 radical (unpaired) electrons. The summed E-state index contributed by atoms with van der Waals surface area (Å²) in [6.45, 7) is 2.49. The van der Waals surface area contributed by atoms with Crippen LogP contribution in [0.25, 0.3) is 21.3 Å². The molecular weight excluding hydrogens is 433 g/mol. The summed E-state index contributed by atoms with van der Waals surface area (Å²) in [6.07, 6.45) is 0.849. The zero-order chi connectivity index (χ0) is 21.5. The number of benzene rings is 2. The smallest absolute Gasteiger partial charge is 0.260 e. The molecule has 3 heterocycles. The second kappa shape index (κ2) is 7.94. The standard InChI is InChI=1S/C23H18FN3O2S2/c1-13(22(29)27-11-10-15-4-2-3-5-18(15)27)31-23-25-20(28)19-17(12-30-21(19)26-23)14-6-8-16(24)9-7-14/h2-9,12-13H,10-11H2,1H3,(H,25,26,28). The van der Waals surface area contributed by atoms with Gasteiger partial charge in [0.25, 0.3) is 5.56 Å². The van der Waals surface area contributed by atoms with Crippen molar-refractivity contribution >= 4 is 44.9 Å². The largest absolute Gasteiger partial charge is 0.311 e. The summed E-state index contributed by atoms with van der Waals surface area (Å²) in [5, 5.41) is 2.35. The van der Waals surface area contributed by atoms with Crippen LogP contribution in [0.5, 0.6) is 0 Å². The Balaban J connectivity index is 1.41. The third kappa shape index (κ3) is 3.66. The zero-order valence-electron chi connectivity index (χ0n) is 16.6. The Bertz CT molecular complexity index is 1350. The summed E-state index contributed by atoms with van der Waals surface area (Å²) in [6, 6.07) is 14.0. The SMILES string of the molecule is CC(Sc1nc2scc(-c3ccc(F)cc3)c2c(=O)[nH]1)C(=O)N1CCc2ccccc21. The molecule has 8 heteroatoms. The minimum Gasteiger partial charge on any atom is -0.311 e. The first kappa shape index (κ1) is 20.0. The van der Waals surface area contributed by atoms with Crippen molar-refractivity contribution in [3.8, 4) is 11.1 Å². The number of carbonyl (C=O) groups is 1. The van der Waals surface area contributed by atoms with Gasteiger partial charge in [-0.1, -0.05) is 42.1 Å². The number of nitrogens with zero attached hydrogens (tertiary/aromatic N) is 2. The number of halogens is 1. The van der Waals surface area contributed by atoms with Gasteiger partial charge in [0.2, 0.25) is 5.91 Å². The number of hydrogen-bond acceptors (Lipinski definition) is 5. The van der Waals surface area contributed by atoms with Gasteiger partial charge in [0, 0.05) is 23.2 Å². The third-order valence-electron chi connectivity index (χ3n) is 5.37. The van der Waals surface area contributed by atoms with Crippen LogP contribution in [0.2, 0.25) is 0 Å². The van der Waals surface area contributed by atoms with Crippen LogP contribution in [-0.2, 0) is 11.2 Å². The molecule has 2 aromatic heterocycles. The van der Waals surface area contributed by atoms with Gasteiger partial charge >= 0.3 is 0 Å². The minimum atomic E-state index is -0.400. The van der Waals surface area contributed by atoms with Crippen molar-refractivity contribution in [2.75, 3.05) is 11.4 Å². The molecule has 0 saturated carbocycles. The van der Waals surface area contributed by atoms with Crippen LogP contribution in [0.3, 0.4) is 0 Å². The quantitative estimate of drug-likeness (QED) is 0.355. The number of carbonyl (C=O) groups excluding carboxylic acids is 1. The Morgan fingerprint density at radius 3 is 2.81 bits per heavy atom. The van der Waals surface area contributed by atoms with Crippen LogP contribution in [0.15, 0.2) is 63.9 Å². The Kier molecular flexibility index (Phi) is 5.11. The van der Waals surface area contributed by atoms with Gasteiger partial charge in [-0.3, -0.25) is 9.59 Å². The monoisotopic (exact) mass is 451 g/mol. The van der Waals surface area contributed by atoms with Crippen molar-refractivity contribution in [1.82, 2.24) is 9.97 Å². The predicted molar refractivity (Wildman–Crippen MR) is 123 cm³/mol. The summed E-state index contributed by atoms with van der Waals surface area (Å²) < 4.78 is 13.2. The van der Waals surface area contributed by atoms with Crippen molar-refractivity contribution in [2.45, 2.75) is 23.8 Å². The van der Waals surface area contributed by atoms with Gasteiger partial charge in [-0.2, -0.15) is 0 Å². The number of nitrogens with one attached hydrogen (secondary N) is 1. The van der Waals surface area contributed by atoms with E-state index in [4.69, 9.17) is 0 Å². The number of para-hydroxylation sites is 1. The van der Waals surface area contributed by atoms with E-state index in [-0.39, 0.29) is 17.3 Å². The Morgan fingerprint density at radius 2 is 2.00 bits per heavy atom. The highest BCUT2D eigenvalue weighted by molar-refractivity contribution is 8.00. The topological polar surface area (TPSA) is 66.1 Å². The number of aromatic nitrogens is 2. The average Bonchev–Trinajstić information content (AvgIpc) is 3.38. The number of anilines is 1. The van der Waals surface area contributed by atoms with Gasteiger partial charge < -0.3 is 9.88 Å². The molecule has 4 aromatic rings. The number of thioether (sulfide) groups is 1. The molecule has 1 aliphatic rings. The number of rotatable bonds is 4. The van der Waals surface area contributed by atoms with Crippen LogP contribution >= 0.6 is 23.1 Å². The number of fused-ring (bicyclic) bond motifs is 2. The maximum Gasteiger partial charge on any atom is 0.260 e. The molecule has 2 aromatic carbocycles. The van der Waals surface area contributed by atoms with Gasteiger partial charge in [0.1, 0.15) is 10.6 Å². The van der Waals surface area contributed by atoms with E-state index in [0.717, 1.165) is 23.2 Å². The van der Waals surface area contributed by atoms with E-state index in [2.05, 4.69) is 9.97 Å². The van der Waals surface area contributed by atoms with Crippen LogP contribution < -0.4 is 10.5 Å². The zero-order valence-corrected chi connectivity index (χ0v) is 18.2. The summed E-state index contributed by atoms with van der Waals surface area (Å²) in [5.41, 5.74) is 3.35. The number of H-pyrrole nitrogens is 1. The number of hydrogen-bond donors (Lipinski definition) is 1. The Morgan fingerprint density at radius 1 is 1.23 bits per heavy atom. The summed E-state index contributed by atoms with van der Waals surface area (Å²) in [7, 11) is 0. The highest BCUT2D eigenvalue weighted by Gasteiger charge is 2.29. The maximum atomic E-state index is 13.2. The Hall–Kier alpha value is -2.97. The van der Waals surface area contributed by atoms with Crippen LogP contribution in [0, 0.1) is 5.82 Å². The normalized spacial score (nSPS) is 14.1. The number of amides is 1. The summed E-state index contributed by atoms with van der Waals surface area (Å²) in [4.78, 5) is 35.6. The molecular formula is C23H18FN3O2S2. The fourth-order valence-electron chi connectivity index (χ4n) is 3.83. The van der Waals surface area contributed by atoms with Crippen molar-refractivity contribution in [1.29, 1.82) is 0 Å². The first-order valence-corrected chi connectivity index (χ1v) is 11.6. The van der Waals surface area contributed by atoms with E-state index in [1.807, 2.05) is 36.6 Å². The Labute approximate surface area is 185 Å². The molecule has 0 saturated heterocycles. The second-order valence-corrected chi connectivity index (χ2v) is 9.52. The molecule has 0 fully saturated rings. The molecule has 156 valence electrons. The molecule has 0 aliphatic carbocycles.